The molecular formula is C25H26N4O2. The van der Waals surface area contributed by atoms with Gasteiger partial charge in [-0.1, -0.05) is 31.9 Å². The number of aromatic nitrogens is 3. The summed E-state index contributed by atoms with van der Waals surface area (Å²) >= 11 is 0. The van der Waals surface area contributed by atoms with Crippen LogP contribution in [0.4, 0.5) is 5.69 Å². The number of amides is 1. The summed E-state index contributed by atoms with van der Waals surface area (Å²) in [5, 5.41) is 3.02. The Morgan fingerprint density at radius 1 is 1.13 bits per heavy atom. The molecule has 6 nitrogen and oxygen atoms in total. The number of fused-ring (bicyclic) bond motifs is 1. The van der Waals surface area contributed by atoms with Crippen molar-refractivity contribution in [3.63, 3.8) is 0 Å². The van der Waals surface area contributed by atoms with E-state index in [-0.39, 0.29) is 5.91 Å². The van der Waals surface area contributed by atoms with Gasteiger partial charge in [0, 0.05) is 35.4 Å². The zero-order valence-corrected chi connectivity index (χ0v) is 17.8. The summed E-state index contributed by atoms with van der Waals surface area (Å²) in [7, 11) is 0. The van der Waals surface area contributed by atoms with Crippen LogP contribution in [-0.2, 0) is 0 Å². The van der Waals surface area contributed by atoms with Crippen LogP contribution in [0.5, 0.6) is 5.75 Å². The van der Waals surface area contributed by atoms with Crippen LogP contribution in [0.2, 0.25) is 0 Å². The minimum atomic E-state index is -0.158. The number of imidazole rings is 1. The minimum absolute atomic E-state index is 0.158. The van der Waals surface area contributed by atoms with Gasteiger partial charge in [-0.05, 0) is 55.3 Å². The highest BCUT2D eigenvalue weighted by Gasteiger charge is 2.11. The number of carbonyl (C=O) groups is 1. The van der Waals surface area contributed by atoms with Gasteiger partial charge in [0.05, 0.1) is 12.3 Å². The van der Waals surface area contributed by atoms with Gasteiger partial charge in [0.15, 0.2) is 0 Å². The molecule has 0 aliphatic rings. The van der Waals surface area contributed by atoms with Gasteiger partial charge in [-0.25, -0.2) is 9.97 Å². The van der Waals surface area contributed by atoms with Crippen LogP contribution in [0, 0.1) is 6.92 Å². The number of nitrogens with zero attached hydrogens (tertiary/aromatic N) is 3. The molecule has 0 saturated heterocycles. The number of nitrogens with one attached hydrogen (secondary N) is 1. The number of hydrogen-bond acceptors (Lipinski definition) is 4. The van der Waals surface area contributed by atoms with E-state index < -0.39 is 0 Å². The first-order valence-corrected chi connectivity index (χ1v) is 10.6. The number of aryl methyl sites for hydroxylation is 1. The third-order valence-electron chi connectivity index (χ3n) is 5.15. The maximum atomic E-state index is 12.8. The first-order valence-electron chi connectivity index (χ1n) is 10.6. The van der Waals surface area contributed by atoms with Crippen molar-refractivity contribution in [2.75, 3.05) is 11.9 Å². The van der Waals surface area contributed by atoms with Crippen molar-refractivity contribution in [2.45, 2.75) is 33.1 Å². The van der Waals surface area contributed by atoms with E-state index in [1.165, 1.54) is 0 Å². The predicted octanol–water partition coefficient (Wildman–Crippen LogP) is 5.53. The molecule has 0 atom stereocenters. The molecule has 6 heteroatoms. The molecule has 0 aliphatic carbocycles. The van der Waals surface area contributed by atoms with Crippen molar-refractivity contribution < 1.29 is 9.53 Å². The number of carbonyl (C=O) groups excluding carboxylic acids is 1. The molecule has 0 aliphatic heterocycles. The van der Waals surface area contributed by atoms with E-state index in [1.54, 1.807) is 18.3 Å². The van der Waals surface area contributed by atoms with E-state index in [4.69, 9.17) is 4.74 Å². The molecule has 2 heterocycles. The lowest BCUT2D eigenvalue weighted by atomic mass is 10.1. The quantitative estimate of drug-likeness (QED) is 0.385. The van der Waals surface area contributed by atoms with Gasteiger partial charge in [-0.3, -0.25) is 9.20 Å². The van der Waals surface area contributed by atoms with Gasteiger partial charge < -0.3 is 10.1 Å². The number of benzene rings is 2. The summed E-state index contributed by atoms with van der Waals surface area (Å²) in [5.41, 5.74) is 4.05. The van der Waals surface area contributed by atoms with Crippen molar-refractivity contribution in [1.82, 2.24) is 14.4 Å². The maximum Gasteiger partial charge on any atom is 0.255 e. The fraction of sp³-hybridized carbons (Fsp3) is 0.240. The average Bonchev–Trinajstić information content (AvgIpc) is 3.23. The normalized spacial score (nSPS) is 10.9. The van der Waals surface area contributed by atoms with E-state index in [0.717, 1.165) is 47.5 Å². The molecule has 31 heavy (non-hydrogen) atoms. The maximum absolute atomic E-state index is 12.8. The number of hydrogen-bond donors (Lipinski definition) is 1. The number of rotatable bonds is 8. The number of unbranched alkanes of at least 4 members (excludes halogenated alkanes) is 2. The van der Waals surface area contributed by atoms with Gasteiger partial charge >= 0.3 is 0 Å². The highest BCUT2D eigenvalue weighted by Crippen LogP contribution is 2.25. The Balaban J connectivity index is 1.47. The topological polar surface area (TPSA) is 68.5 Å². The van der Waals surface area contributed by atoms with E-state index in [2.05, 4.69) is 22.2 Å². The Bertz CT molecular complexity index is 1150. The molecule has 0 radical (unpaired) electrons. The van der Waals surface area contributed by atoms with Gasteiger partial charge in [-0.2, -0.15) is 0 Å². The van der Waals surface area contributed by atoms with E-state index in [1.807, 2.05) is 60.1 Å². The van der Waals surface area contributed by atoms with Crippen LogP contribution >= 0.6 is 0 Å². The summed E-state index contributed by atoms with van der Waals surface area (Å²) in [5.74, 6) is 1.27. The molecule has 1 N–H and O–H groups in total. The largest absolute Gasteiger partial charge is 0.494 e. The lowest BCUT2D eigenvalue weighted by Crippen LogP contribution is -2.12. The number of anilines is 1. The van der Waals surface area contributed by atoms with Gasteiger partial charge in [0.1, 0.15) is 5.75 Å². The second kappa shape index (κ2) is 9.43. The lowest BCUT2D eigenvalue weighted by Gasteiger charge is -2.11. The van der Waals surface area contributed by atoms with Crippen LogP contribution in [0.15, 0.2) is 67.1 Å². The van der Waals surface area contributed by atoms with E-state index in [0.29, 0.717) is 17.9 Å². The first kappa shape index (κ1) is 20.6. The van der Waals surface area contributed by atoms with Crippen LogP contribution < -0.4 is 10.1 Å². The molecule has 0 fully saturated rings. The molecule has 0 bridgehead atoms. The Morgan fingerprint density at radius 2 is 1.97 bits per heavy atom. The SMILES string of the molecule is CCCCCOc1ccc(C(=O)Nc2cc(-c3cn4cccnc4n3)ccc2C)cc1. The highest BCUT2D eigenvalue weighted by molar-refractivity contribution is 6.05. The molecule has 2 aromatic carbocycles. The fourth-order valence-electron chi connectivity index (χ4n) is 3.32. The number of ether oxygens (including phenoxy) is 1. The van der Waals surface area contributed by atoms with Crippen LogP contribution in [0.1, 0.15) is 42.1 Å². The van der Waals surface area contributed by atoms with E-state index in [9.17, 15) is 4.79 Å². The second-order valence-corrected chi connectivity index (χ2v) is 7.52. The first-order chi connectivity index (χ1) is 15.1. The summed E-state index contributed by atoms with van der Waals surface area (Å²) in [6.45, 7) is 4.83. The molecule has 0 spiro atoms. The van der Waals surface area contributed by atoms with E-state index >= 15 is 0 Å². The summed E-state index contributed by atoms with van der Waals surface area (Å²) in [6.07, 6.45) is 8.91. The Kier molecular flexibility index (Phi) is 6.26. The van der Waals surface area contributed by atoms with Crippen molar-refractivity contribution >= 4 is 17.4 Å². The van der Waals surface area contributed by atoms with Gasteiger partial charge in [0.2, 0.25) is 5.78 Å². The third-order valence-corrected chi connectivity index (χ3v) is 5.15. The minimum Gasteiger partial charge on any atom is -0.494 e. The zero-order chi connectivity index (χ0) is 21.6. The Morgan fingerprint density at radius 3 is 2.74 bits per heavy atom. The van der Waals surface area contributed by atoms with Crippen molar-refractivity contribution in [3.05, 3.63) is 78.2 Å². The van der Waals surface area contributed by atoms with Gasteiger partial charge in [-0.15, -0.1) is 0 Å². The summed E-state index contributed by atoms with van der Waals surface area (Å²) in [4.78, 5) is 21.6. The van der Waals surface area contributed by atoms with Gasteiger partial charge in [0.25, 0.3) is 5.91 Å². The average molecular weight is 415 g/mol. The van der Waals surface area contributed by atoms with Crippen LogP contribution in [0.3, 0.4) is 0 Å². The molecule has 4 aromatic rings. The highest BCUT2D eigenvalue weighted by atomic mass is 16.5. The third kappa shape index (κ3) is 4.91. The summed E-state index contributed by atoms with van der Waals surface area (Å²) < 4.78 is 7.60. The monoisotopic (exact) mass is 414 g/mol. The summed E-state index contributed by atoms with van der Waals surface area (Å²) in [6, 6.07) is 15.0. The van der Waals surface area contributed by atoms with Crippen LogP contribution in [0.25, 0.3) is 17.0 Å². The molecule has 1 amide bonds. The molecule has 0 saturated carbocycles. The lowest BCUT2D eigenvalue weighted by molar-refractivity contribution is 0.102. The molecule has 158 valence electrons. The van der Waals surface area contributed by atoms with Crippen LogP contribution in [-0.4, -0.2) is 26.9 Å². The second-order valence-electron chi connectivity index (χ2n) is 7.52. The molecule has 2 aromatic heterocycles. The molecular weight excluding hydrogens is 388 g/mol. The smallest absolute Gasteiger partial charge is 0.255 e. The van der Waals surface area contributed by atoms with Crippen molar-refractivity contribution in [3.8, 4) is 17.0 Å². The fourth-order valence-corrected chi connectivity index (χ4v) is 3.32. The molecule has 0 unspecified atom stereocenters. The van der Waals surface area contributed by atoms with Crippen molar-refractivity contribution in [2.24, 2.45) is 0 Å². The molecule has 4 rings (SSSR count). The Hall–Kier alpha value is -3.67. The predicted molar refractivity (Wildman–Crippen MR) is 123 cm³/mol. The van der Waals surface area contributed by atoms with Crippen molar-refractivity contribution in [1.29, 1.82) is 0 Å². The zero-order valence-electron chi connectivity index (χ0n) is 17.8. The Labute approximate surface area is 181 Å². The standard InChI is InChI=1S/C25H26N4O2/c1-3-4-5-15-31-21-11-9-19(10-12-21)24(30)27-22-16-20(8-7-18(22)2)23-17-29-14-6-13-26-25(29)28-23/h6-14,16-17H,3-5,15H2,1-2H3,(H,27,30).